The highest BCUT2D eigenvalue weighted by atomic mass is 32.2. The van der Waals surface area contributed by atoms with Crippen LogP contribution in [0.4, 0.5) is 10.5 Å². The van der Waals surface area contributed by atoms with Crippen molar-refractivity contribution >= 4 is 45.7 Å². The summed E-state index contributed by atoms with van der Waals surface area (Å²) >= 11 is 0.752. The van der Waals surface area contributed by atoms with Crippen LogP contribution in [-0.2, 0) is 25.3 Å². The highest BCUT2D eigenvalue weighted by molar-refractivity contribution is 8.18. The molecule has 0 bridgehead atoms. The number of aryl methyl sites for hydroxylation is 2. The number of fused-ring (bicyclic) bond motifs is 1. The first kappa shape index (κ1) is 20.6. The zero-order chi connectivity index (χ0) is 22.3. The van der Waals surface area contributed by atoms with Crippen molar-refractivity contribution in [2.75, 3.05) is 6.54 Å². The molecule has 3 aromatic rings. The molecule has 0 spiro atoms. The number of imidazole rings is 1. The normalized spacial score (nSPS) is 15.4. The minimum atomic E-state index is -0.567. The number of nitro groups is 1. The molecule has 1 aliphatic heterocycles. The number of hydrogen-bond donors (Lipinski definition) is 0. The Morgan fingerprint density at radius 3 is 2.32 bits per heavy atom. The van der Waals surface area contributed by atoms with Crippen molar-refractivity contribution in [3.8, 4) is 0 Å². The lowest BCUT2D eigenvalue weighted by Crippen LogP contribution is -2.30. The summed E-state index contributed by atoms with van der Waals surface area (Å²) in [5.41, 5.74) is 1.50. The van der Waals surface area contributed by atoms with Crippen molar-refractivity contribution in [3.63, 3.8) is 0 Å². The van der Waals surface area contributed by atoms with Gasteiger partial charge in [-0.2, -0.15) is 0 Å². The number of carbonyl (C=O) groups excluding carboxylic acids is 2. The molecule has 10 heteroatoms. The molecule has 2 heterocycles. The molecule has 0 atom stereocenters. The molecule has 0 aliphatic carbocycles. The molecule has 1 aromatic heterocycles. The second-order valence-electron chi connectivity index (χ2n) is 7.13. The van der Waals surface area contributed by atoms with Crippen LogP contribution >= 0.6 is 11.8 Å². The van der Waals surface area contributed by atoms with Gasteiger partial charge in [0.2, 0.25) is 0 Å². The molecule has 0 radical (unpaired) electrons. The van der Waals surface area contributed by atoms with E-state index in [9.17, 15) is 24.5 Å². The Morgan fingerprint density at radius 2 is 1.68 bits per heavy atom. The van der Waals surface area contributed by atoms with E-state index in [-0.39, 0.29) is 28.4 Å². The van der Waals surface area contributed by atoms with Gasteiger partial charge in [-0.25, -0.2) is 4.79 Å². The smallest absolute Gasteiger partial charge is 0.295 e. The molecule has 0 saturated carbocycles. The zero-order valence-corrected chi connectivity index (χ0v) is 17.6. The largest absolute Gasteiger partial charge is 0.328 e. The van der Waals surface area contributed by atoms with Crippen molar-refractivity contribution in [1.82, 2.24) is 14.0 Å². The third-order valence-corrected chi connectivity index (χ3v) is 6.15. The second-order valence-corrected chi connectivity index (χ2v) is 8.12. The molecule has 31 heavy (non-hydrogen) atoms. The Bertz CT molecular complexity index is 1320. The van der Waals surface area contributed by atoms with Crippen LogP contribution in [-0.4, -0.2) is 36.6 Å². The van der Waals surface area contributed by atoms with Crippen LogP contribution in [0.25, 0.3) is 17.1 Å². The maximum atomic E-state index is 12.8. The van der Waals surface area contributed by atoms with Gasteiger partial charge in [0.15, 0.2) is 0 Å². The molecule has 158 valence electrons. The van der Waals surface area contributed by atoms with Crippen LogP contribution < -0.4 is 5.69 Å². The fraction of sp³-hybridized carbons (Fsp3) is 0.190. The summed E-state index contributed by atoms with van der Waals surface area (Å²) < 4.78 is 2.70. The van der Waals surface area contributed by atoms with Gasteiger partial charge < -0.3 is 0 Å². The zero-order valence-electron chi connectivity index (χ0n) is 16.8. The predicted octanol–water partition coefficient (Wildman–Crippen LogP) is 3.06. The number of benzene rings is 2. The van der Waals surface area contributed by atoms with Gasteiger partial charge in [0.05, 0.1) is 26.4 Å². The Labute approximate surface area is 180 Å². The number of hydrogen-bond acceptors (Lipinski definition) is 6. The topological polar surface area (TPSA) is 107 Å². The molecule has 0 unspecified atom stereocenters. The van der Waals surface area contributed by atoms with Crippen molar-refractivity contribution in [2.45, 2.75) is 6.42 Å². The first-order valence-corrected chi connectivity index (χ1v) is 10.2. The maximum absolute atomic E-state index is 12.8. The van der Waals surface area contributed by atoms with Gasteiger partial charge in [0.25, 0.3) is 16.8 Å². The highest BCUT2D eigenvalue weighted by Crippen LogP contribution is 2.35. The molecule has 1 saturated heterocycles. The van der Waals surface area contributed by atoms with Gasteiger partial charge in [-0.3, -0.25) is 33.7 Å². The number of carbonyl (C=O) groups is 2. The van der Waals surface area contributed by atoms with Crippen LogP contribution in [0.3, 0.4) is 0 Å². The van der Waals surface area contributed by atoms with E-state index in [0.717, 1.165) is 22.2 Å². The van der Waals surface area contributed by atoms with Crippen molar-refractivity contribution in [1.29, 1.82) is 0 Å². The quantitative estimate of drug-likeness (QED) is 0.344. The number of aromatic nitrogens is 2. The minimum Gasteiger partial charge on any atom is -0.295 e. The molecular weight excluding hydrogens is 420 g/mol. The Hall–Kier alpha value is -3.66. The number of nitrogens with zero attached hydrogens (tertiary/aromatic N) is 4. The number of amides is 2. The summed E-state index contributed by atoms with van der Waals surface area (Å²) in [6.45, 7) is 0.223. The average Bonchev–Trinajstić information content (AvgIpc) is 3.14. The van der Waals surface area contributed by atoms with Crippen LogP contribution in [0, 0.1) is 10.1 Å². The van der Waals surface area contributed by atoms with Gasteiger partial charge in [0, 0.05) is 26.7 Å². The minimum absolute atomic E-state index is 0.112. The standard InChI is InChI=1S/C21H18N4O5S/c1-22-16-10-14(15(25(29)30)12-17(16)23(2)20(22)27)11-18-19(26)24(21(28)31-18)9-8-13-6-4-3-5-7-13/h3-7,10-12H,8-9H2,1-2H3/b18-11-. The van der Waals surface area contributed by atoms with E-state index in [4.69, 9.17) is 0 Å². The van der Waals surface area contributed by atoms with E-state index in [1.165, 1.54) is 34.4 Å². The fourth-order valence-corrected chi connectivity index (χ4v) is 4.40. The van der Waals surface area contributed by atoms with Crippen molar-refractivity contribution in [3.05, 3.63) is 79.1 Å². The molecule has 1 aliphatic rings. The lowest BCUT2D eigenvalue weighted by atomic mass is 10.1. The van der Waals surface area contributed by atoms with E-state index in [2.05, 4.69) is 0 Å². The Balaban J connectivity index is 1.69. The molecule has 9 nitrogen and oxygen atoms in total. The highest BCUT2D eigenvalue weighted by Gasteiger charge is 2.35. The molecule has 1 fully saturated rings. The van der Waals surface area contributed by atoms with Crippen molar-refractivity contribution < 1.29 is 14.5 Å². The third-order valence-electron chi connectivity index (χ3n) is 5.24. The SMILES string of the molecule is Cn1c(=O)n(C)c2cc([N+](=O)[O-])c(/C=C3\SC(=O)N(CCc4ccccc4)C3=O)cc21. The summed E-state index contributed by atoms with van der Waals surface area (Å²) in [5.74, 6) is -0.484. The van der Waals surface area contributed by atoms with Gasteiger partial charge in [-0.15, -0.1) is 0 Å². The second kappa shape index (κ2) is 7.88. The average molecular weight is 438 g/mol. The first-order chi connectivity index (χ1) is 14.8. The molecular formula is C21H18N4O5S. The lowest BCUT2D eigenvalue weighted by Gasteiger charge is -2.12. The van der Waals surface area contributed by atoms with E-state index in [0.29, 0.717) is 17.5 Å². The number of thioether (sulfide) groups is 1. The Morgan fingerprint density at radius 1 is 1.03 bits per heavy atom. The summed E-state index contributed by atoms with van der Waals surface area (Å²) in [4.78, 5) is 49.7. The van der Waals surface area contributed by atoms with Crippen LogP contribution in [0.5, 0.6) is 0 Å². The van der Waals surface area contributed by atoms with Gasteiger partial charge in [0.1, 0.15) is 0 Å². The third kappa shape index (κ3) is 3.66. The van der Waals surface area contributed by atoms with E-state index in [1.807, 2.05) is 30.3 Å². The fourth-order valence-electron chi connectivity index (χ4n) is 3.54. The molecule has 2 aromatic carbocycles. The first-order valence-electron chi connectivity index (χ1n) is 9.41. The van der Waals surface area contributed by atoms with Gasteiger partial charge >= 0.3 is 5.69 Å². The van der Waals surface area contributed by atoms with Gasteiger partial charge in [-0.05, 0) is 35.9 Å². The van der Waals surface area contributed by atoms with Crippen LogP contribution in [0.2, 0.25) is 0 Å². The van der Waals surface area contributed by atoms with E-state index < -0.39 is 16.1 Å². The summed E-state index contributed by atoms with van der Waals surface area (Å²) in [6.07, 6.45) is 1.87. The molecule has 2 amide bonds. The summed E-state index contributed by atoms with van der Waals surface area (Å²) in [7, 11) is 3.10. The molecule has 4 rings (SSSR count). The number of nitro benzene ring substituents is 1. The summed E-state index contributed by atoms with van der Waals surface area (Å²) in [5, 5.41) is 11.2. The lowest BCUT2D eigenvalue weighted by molar-refractivity contribution is -0.385. The molecule has 0 N–H and O–H groups in total. The van der Waals surface area contributed by atoms with Crippen molar-refractivity contribution in [2.24, 2.45) is 14.1 Å². The summed E-state index contributed by atoms with van der Waals surface area (Å²) in [6, 6.07) is 12.3. The number of rotatable bonds is 5. The Kier molecular flexibility index (Phi) is 5.24. The van der Waals surface area contributed by atoms with Gasteiger partial charge in [-0.1, -0.05) is 30.3 Å². The number of imide groups is 1. The maximum Gasteiger partial charge on any atom is 0.328 e. The van der Waals surface area contributed by atoms with Crippen LogP contribution in [0.1, 0.15) is 11.1 Å². The monoisotopic (exact) mass is 438 g/mol. The van der Waals surface area contributed by atoms with Crippen LogP contribution in [0.15, 0.2) is 52.2 Å². The predicted molar refractivity (Wildman–Crippen MR) is 118 cm³/mol. The van der Waals surface area contributed by atoms with E-state index in [1.54, 1.807) is 7.05 Å². The van der Waals surface area contributed by atoms with E-state index >= 15 is 0 Å².